The number of benzene rings is 1. The van der Waals surface area contributed by atoms with Gasteiger partial charge in [0.2, 0.25) is 15.9 Å². The molecule has 1 aromatic carbocycles. The molecule has 2 fully saturated rings. The molecule has 0 bridgehead atoms. The molecule has 2 saturated heterocycles. The topological polar surface area (TPSA) is 95.9 Å². The third-order valence-corrected chi connectivity index (χ3v) is 7.75. The van der Waals surface area contributed by atoms with Gasteiger partial charge in [-0.05, 0) is 56.0 Å². The van der Waals surface area contributed by atoms with Crippen LogP contribution in [0.4, 0.5) is 5.82 Å². The van der Waals surface area contributed by atoms with Gasteiger partial charge in [-0.3, -0.25) is 4.79 Å². The molecule has 32 heavy (non-hydrogen) atoms. The fourth-order valence-electron chi connectivity index (χ4n) is 4.03. The van der Waals surface area contributed by atoms with Gasteiger partial charge >= 0.3 is 0 Å². The van der Waals surface area contributed by atoms with Crippen molar-refractivity contribution in [1.29, 1.82) is 0 Å². The summed E-state index contributed by atoms with van der Waals surface area (Å²) in [4.78, 5) is 16.9. The molecule has 2 aromatic rings. The smallest absolute Gasteiger partial charge is 0.253 e. The minimum Gasteiger partial charge on any atom is -0.471 e. The van der Waals surface area contributed by atoms with Crippen LogP contribution in [-0.4, -0.2) is 80.1 Å². The summed E-state index contributed by atoms with van der Waals surface area (Å²) < 4.78 is 32.8. The third-order valence-electron chi connectivity index (χ3n) is 5.84. The Balaban J connectivity index is 1.39. The van der Waals surface area contributed by atoms with Gasteiger partial charge in [0.15, 0.2) is 5.82 Å². The van der Waals surface area contributed by atoms with Gasteiger partial charge in [0, 0.05) is 45.4 Å². The van der Waals surface area contributed by atoms with Gasteiger partial charge in [-0.1, -0.05) is 0 Å². The fourth-order valence-corrected chi connectivity index (χ4v) is 5.55. The maximum Gasteiger partial charge on any atom is 0.253 e. The lowest BCUT2D eigenvalue weighted by molar-refractivity contribution is 0.0525. The van der Waals surface area contributed by atoms with Gasteiger partial charge in [-0.15, -0.1) is 10.2 Å². The number of rotatable bonds is 6. The SMILES string of the molecule is CN(C)c1ccc(OC2CCCN(C(=O)c3ccc(S(=O)(=O)N4CCCC4)cc3)C2)nn1. The van der Waals surface area contributed by atoms with E-state index in [4.69, 9.17) is 4.74 Å². The van der Waals surface area contributed by atoms with Crippen LogP contribution in [0.1, 0.15) is 36.0 Å². The van der Waals surface area contributed by atoms with Crippen LogP contribution in [0, 0.1) is 0 Å². The summed E-state index contributed by atoms with van der Waals surface area (Å²) in [6.07, 6.45) is 3.26. The Morgan fingerprint density at radius 3 is 2.34 bits per heavy atom. The highest BCUT2D eigenvalue weighted by Gasteiger charge is 2.29. The number of aromatic nitrogens is 2. The average molecular weight is 460 g/mol. The van der Waals surface area contributed by atoms with Crippen molar-refractivity contribution >= 4 is 21.7 Å². The number of amides is 1. The van der Waals surface area contributed by atoms with Crippen molar-refractivity contribution < 1.29 is 17.9 Å². The average Bonchev–Trinajstić information content (AvgIpc) is 3.35. The molecular formula is C22H29N5O4S. The van der Waals surface area contributed by atoms with E-state index in [0.29, 0.717) is 37.6 Å². The summed E-state index contributed by atoms with van der Waals surface area (Å²) >= 11 is 0. The highest BCUT2D eigenvalue weighted by molar-refractivity contribution is 7.89. The van der Waals surface area contributed by atoms with Gasteiger partial charge in [0.1, 0.15) is 6.10 Å². The largest absolute Gasteiger partial charge is 0.471 e. The molecule has 4 rings (SSSR count). The minimum absolute atomic E-state index is 0.127. The van der Waals surface area contributed by atoms with Crippen molar-refractivity contribution in [2.24, 2.45) is 0 Å². The van der Waals surface area contributed by atoms with E-state index in [1.807, 2.05) is 25.1 Å². The number of nitrogens with zero attached hydrogens (tertiary/aromatic N) is 5. The van der Waals surface area contributed by atoms with Gasteiger partial charge in [0.25, 0.3) is 5.91 Å². The highest BCUT2D eigenvalue weighted by atomic mass is 32.2. The van der Waals surface area contributed by atoms with Gasteiger partial charge < -0.3 is 14.5 Å². The summed E-state index contributed by atoms with van der Waals surface area (Å²) in [5.74, 6) is 1.05. The molecule has 1 unspecified atom stereocenters. The summed E-state index contributed by atoms with van der Waals surface area (Å²) in [5.41, 5.74) is 0.473. The van der Waals surface area contributed by atoms with E-state index >= 15 is 0 Å². The fraction of sp³-hybridized carbons (Fsp3) is 0.500. The molecule has 0 aliphatic carbocycles. The second-order valence-corrected chi connectivity index (χ2v) is 10.3. The zero-order valence-corrected chi connectivity index (χ0v) is 19.3. The van der Waals surface area contributed by atoms with Crippen LogP contribution >= 0.6 is 0 Å². The lowest BCUT2D eigenvalue weighted by Gasteiger charge is -2.32. The molecule has 3 heterocycles. The second-order valence-electron chi connectivity index (χ2n) is 8.39. The van der Waals surface area contributed by atoms with Gasteiger partial charge in [0.05, 0.1) is 11.4 Å². The molecule has 0 spiro atoms. The quantitative estimate of drug-likeness (QED) is 0.652. The summed E-state index contributed by atoms with van der Waals surface area (Å²) in [7, 11) is 0.299. The van der Waals surface area contributed by atoms with Crippen LogP contribution < -0.4 is 9.64 Å². The molecule has 0 radical (unpaired) electrons. The van der Waals surface area contributed by atoms with Crippen LogP contribution in [0.3, 0.4) is 0 Å². The van der Waals surface area contributed by atoms with Crippen LogP contribution in [0.5, 0.6) is 5.88 Å². The minimum atomic E-state index is -3.49. The molecule has 2 aliphatic rings. The number of hydrogen-bond donors (Lipinski definition) is 0. The zero-order chi connectivity index (χ0) is 22.7. The Morgan fingerprint density at radius 1 is 1.00 bits per heavy atom. The van der Waals surface area contributed by atoms with Crippen molar-refractivity contribution in [3.05, 3.63) is 42.0 Å². The number of sulfonamides is 1. The zero-order valence-electron chi connectivity index (χ0n) is 18.5. The van der Waals surface area contributed by atoms with Gasteiger partial charge in [-0.25, -0.2) is 8.42 Å². The molecular weight excluding hydrogens is 430 g/mol. The van der Waals surface area contributed by atoms with E-state index in [2.05, 4.69) is 10.2 Å². The van der Waals surface area contributed by atoms with Crippen LogP contribution in [-0.2, 0) is 10.0 Å². The molecule has 0 saturated carbocycles. The molecule has 2 aliphatic heterocycles. The van der Waals surface area contributed by atoms with Crippen molar-refractivity contribution in [3.63, 3.8) is 0 Å². The molecule has 1 atom stereocenters. The summed E-state index contributed by atoms with van der Waals surface area (Å²) in [5, 5.41) is 8.23. The Bertz CT molecular complexity index is 1030. The van der Waals surface area contributed by atoms with E-state index in [9.17, 15) is 13.2 Å². The molecule has 1 amide bonds. The highest BCUT2D eigenvalue weighted by Crippen LogP contribution is 2.23. The van der Waals surface area contributed by atoms with Crippen LogP contribution in [0.25, 0.3) is 0 Å². The standard InChI is InChI=1S/C22H29N5O4S/c1-25(2)20-11-12-21(24-23-20)31-18-6-5-13-26(16-18)22(28)17-7-9-19(10-8-17)32(29,30)27-14-3-4-15-27/h7-12,18H,3-6,13-16H2,1-2H3. The normalized spacial score (nSPS) is 19.7. The molecule has 10 heteroatoms. The molecule has 1 aromatic heterocycles. The lowest BCUT2D eigenvalue weighted by Crippen LogP contribution is -2.44. The Kier molecular flexibility index (Phi) is 6.61. The Hall–Kier alpha value is -2.72. The number of hydrogen-bond acceptors (Lipinski definition) is 7. The molecule has 172 valence electrons. The summed E-state index contributed by atoms with van der Waals surface area (Å²) in [6.45, 7) is 2.20. The van der Waals surface area contributed by atoms with E-state index in [1.165, 1.54) is 16.4 Å². The monoisotopic (exact) mass is 459 g/mol. The number of piperidine rings is 1. The van der Waals surface area contributed by atoms with Crippen molar-refractivity contribution in [2.75, 3.05) is 45.2 Å². The van der Waals surface area contributed by atoms with Crippen LogP contribution in [0.2, 0.25) is 0 Å². The summed E-state index contributed by atoms with van der Waals surface area (Å²) in [6, 6.07) is 9.87. The number of carbonyl (C=O) groups excluding carboxylic acids is 1. The van der Waals surface area contributed by atoms with Crippen molar-refractivity contribution in [2.45, 2.75) is 36.7 Å². The molecule has 0 N–H and O–H groups in total. The third kappa shape index (κ3) is 4.86. The van der Waals surface area contributed by atoms with E-state index in [0.717, 1.165) is 31.5 Å². The lowest BCUT2D eigenvalue weighted by atomic mass is 10.1. The first-order valence-corrected chi connectivity index (χ1v) is 12.4. The number of ether oxygens (including phenoxy) is 1. The van der Waals surface area contributed by atoms with Crippen LogP contribution in [0.15, 0.2) is 41.3 Å². The van der Waals surface area contributed by atoms with Crippen molar-refractivity contribution in [3.8, 4) is 5.88 Å². The second kappa shape index (κ2) is 9.41. The Morgan fingerprint density at radius 2 is 1.72 bits per heavy atom. The number of anilines is 1. The van der Waals surface area contributed by atoms with Gasteiger partial charge in [-0.2, -0.15) is 4.31 Å². The first kappa shape index (κ1) is 22.5. The first-order valence-electron chi connectivity index (χ1n) is 10.9. The van der Waals surface area contributed by atoms with E-state index in [1.54, 1.807) is 23.1 Å². The first-order chi connectivity index (χ1) is 15.3. The van der Waals surface area contributed by atoms with Crippen molar-refractivity contribution in [1.82, 2.24) is 19.4 Å². The van der Waals surface area contributed by atoms with E-state index < -0.39 is 10.0 Å². The molecule has 9 nitrogen and oxygen atoms in total. The maximum atomic E-state index is 13.0. The van der Waals surface area contributed by atoms with E-state index in [-0.39, 0.29) is 16.9 Å². The maximum absolute atomic E-state index is 13.0. The predicted molar refractivity (Wildman–Crippen MR) is 120 cm³/mol. The number of likely N-dealkylation sites (tertiary alicyclic amines) is 1. The number of carbonyl (C=O) groups is 1. The predicted octanol–water partition coefficient (Wildman–Crippen LogP) is 2.01. The Labute approximate surface area is 189 Å².